The van der Waals surface area contributed by atoms with Gasteiger partial charge in [-0.25, -0.2) is 4.99 Å². The molecule has 0 spiro atoms. The van der Waals surface area contributed by atoms with Crippen molar-refractivity contribution >= 4 is 18.0 Å². The summed E-state index contributed by atoms with van der Waals surface area (Å²) in [6.45, 7) is -0.0578. The van der Waals surface area contributed by atoms with E-state index in [-0.39, 0.29) is 29.7 Å². The highest BCUT2D eigenvalue weighted by atomic mass is 16.5. The fraction of sp³-hybridized carbons (Fsp3) is 0.200. The molecule has 1 aliphatic rings. The van der Waals surface area contributed by atoms with Gasteiger partial charge in [0.15, 0.2) is 5.82 Å². The molecule has 0 saturated carbocycles. The lowest BCUT2D eigenvalue weighted by atomic mass is 10.1. The predicted octanol–water partition coefficient (Wildman–Crippen LogP) is -0.0509. The highest BCUT2D eigenvalue weighted by Crippen LogP contribution is 2.17. The van der Waals surface area contributed by atoms with E-state index in [0.29, 0.717) is 0 Å². The number of aromatic nitrogens is 3. The minimum atomic E-state index is -0.690. The first-order chi connectivity index (χ1) is 11.6. The Morgan fingerprint density at radius 3 is 3.04 bits per heavy atom. The minimum absolute atomic E-state index is 0.0134. The zero-order chi connectivity index (χ0) is 17.1. The zero-order valence-corrected chi connectivity index (χ0v) is 12.7. The number of pyridine rings is 1. The van der Waals surface area contributed by atoms with Crippen LogP contribution in [0.5, 0.6) is 0 Å². The predicted molar refractivity (Wildman–Crippen MR) is 82.5 cm³/mol. The highest BCUT2D eigenvalue weighted by molar-refractivity contribution is 5.97. The standard InChI is InChI=1S/C15H13N5O4/c1-20-7-3-5-10(15(20)23)14(22)17-8-11-18-12(19-24-11)9-4-2-6-16-13(9)21/h2-7,9H,8H2,1H3,(H,17,22). The van der Waals surface area contributed by atoms with Crippen molar-refractivity contribution in [2.24, 2.45) is 12.0 Å². The lowest BCUT2D eigenvalue weighted by Crippen LogP contribution is -2.31. The van der Waals surface area contributed by atoms with Gasteiger partial charge in [-0.05, 0) is 18.2 Å². The molecule has 0 radical (unpaired) electrons. The third-order valence-corrected chi connectivity index (χ3v) is 3.39. The van der Waals surface area contributed by atoms with Gasteiger partial charge < -0.3 is 14.4 Å². The Balaban J connectivity index is 1.67. The van der Waals surface area contributed by atoms with Crippen LogP contribution in [-0.4, -0.2) is 32.7 Å². The van der Waals surface area contributed by atoms with Crippen molar-refractivity contribution in [3.05, 3.63) is 58.1 Å². The lowest BCUT2D eigenvalue weighted by molar-refractivity contribution is -0.118. The zero-order valence-electron chi connectivity index (χ0n) is 12.7. The molecule has 0 saturated heterocycles. The highest BCUT2D eigenvalue weighted by Gasteiger charge is 2.24. The molecule has 0 aliphatic carbocycles. The van der Waals surface area contributed by atoms with Gasteiger partial charge in [-0.3, -0.25) is 14.4 Å². The molecule has 2 amide bonds. The van der Waals surface area contributed by atoms with Crippen molar-refractivity contribution in [2.75, 3.05) is 0 Å². The van der Waals surface area contributed by atoms with E-state index in [1.807, 2.05) is 0 Å². The molecule has 0 bridgehead atoms. The number of amides is 2. The summed E-state index contributed by atoms with van der Waals surface area (Å²) in [4.78, 5) is 43.3. The van der Waals surface area contributed by atoms with Crippen molar-refractivity contribution in [1.82, 2.24) is 20.0 Å². The van der Waals surface area contributed by atoms with Crippen LogP contribution in [-0.2, 0) is 18.4 Å². The molecule has 1 atom stereocenters. The molecule has 2 aromatic heterocycles. The van der Waals surface area contributed by atoms with Gasteiger partial charge in [-0.1, -0.05) is 11.2 Å². The fourth-order valence-electron chi connectivity index (χ4n) is 2.12. The first kappa shape index (κ1) is 15.5. The van der Waals surface area contributed by atoms with Gasteiger partial charge in [0.1, 0.15) is 11.5 Å². The Labute approximate surface area is 135 Å². The minimum Gasteiger partial charge on any atom is -0.343 e. The molecule has 0 fully saturated rings. The van der Waals surface area contributed by atoms with Crippen LogP contribution < -0.4 is 10.9 Å². The second-order valence-electron chi connectivity index (χ2n) is 5.05. The summed E-state index contributed by atoms with van der Waals surface area (Å²) in [5, 5.41) is 6.25. The van der Waals surface area contributed by atoms with E-state index in [2.05, 4.69) is 20.4 Å². The van der Waals surface area contributed by atoms with Crippen LogP contribution >= 0.6 is 0 Å². The number of dihydropyridines is 1. The summed E-state index contributed by atoms with van der Waals surface area (Å²) in [5.74, 6) is -1.32. The molecule has 1 unspecified atom stereocenters. The van der Waals surface area contributed by atoms with Crippen LogP contribution in [0, 0.1) is 0 Å². The Hall–Kier alpha value is -3.36. The monoisotopic (exact) mass is 327 g/mol. The van der Waals surface area contributed by atoms with Crippen LogP contribution in [0.4, 0.5) is 0 Å². The molecule has 9 heteroatoms. The largest absolute Gasteiger partial charge is 0.343 e. The van der Waals surface area contributed by atoms with Gasteiger partial charge in [0.05, 0.1) is 6.54 Å². The Bertz CT molecular complexity index is 909. The molecule has 1 aliphatic heterocycles. The third kappa shape index (κ3) is 3.05. The average molecular weight is 327 g/mol. The van der Waals surface area contributed by atoms with E-state index in [0.717, 1.165) is 0 Å². The van der Waals surface area contributed by atoms with Crippen LogP contribution in [0.25, 0.3) is 0 Å². The van der Waals surface area contributed by atoms with E-state index in [9.17, 15) is 14.4 Å². The van der Waals surface area contributed by atoms with Crippen molar-refractivity contribution < 1.29 is 14.1 Å². The number of carbonyl (C=O) groups excluding carboxylic acids is 2. The van der Waals surface area contributed by atoms with Crippen LogP contribution in [0.3, 0.4) is 0 Å². The van der Waals surface area contributed by atoms with Gasteiger partial charge in [0.25, 0.3) is 17.4 Å². The Morgan fingerprint density at radius 1 is 1.42 bits per heavy atom. The van der Waals surface area contributed by atoms with E-state index >= 15 is 0 Å². The number of nitrogens with zero attached hydrogens (tertiary/aromatic N) is 4. The molecule has 1 N–H and O–H groups in total. The van der Waals surface area contributed by atoms with Gasteiger partial charge in [0.2, 0.25) is 5.89 Å². The van der Waals surface area contributed by atoms with Gasteiger partial charge in [0, 0.05) is 19.5 Å². The van der Waals surface area contributed by atoms with E-state index in [1.165, 1.54) is 16.8 Å². The van der Waals surface area contributed by atoms with Crippen molar-refractivity contribution in [3.8, 4) is 0 Å². The van der Waals surface area contributed by atoms with Crippen molar-refractivity contribution in [2.45, 2.75) is 12.5 Å². The van der Waals surface area contributed by atoms with Gasteiger partial charge in [-0.15, -0.1) is 0 Å². The summed E-state index contributed by atoms with van der Waals surface area (Å²) in [6.07, 6.45) is 6.17. The number of carbonyl (C=O) groups is 2. The molecule has 24 heavy (non-hydrogen) atoms. The van der Waals surface area contributed by atoms with Crippen LogP contribution in [0.1, 0.15) is 28.0 Å². The first-order valence-electron chi connectivity index (χ1n) is 7.07. The maximum absolute atomic E-state index is 12.1. The lowest BCUT2D eigenvalue weighted by Gasteiger charge is -2.05. The SMILES string of the molecule is Cn1cccc(C(=O)NCc2nc(C3C=CC=NC3=O)no2)c1=O. The Kier molecular flexibility index (Phi) is 4.15. The molecule has 2 aromatic rings. The normalized spacial score (nSPS) is 16.4. The summed E-state index contributed by atoms with van der Waals surface area (Å²) in [5.41, 5.74) is -0.392. The Morgan fingerprint density at radius 2 is 2.25 bits per heavy atom. The van der Waals surface area contributed by atoms with Crippen molar-refractivity contribution in [1.29, 1.82) is 0 Å². The number of aryl methyl sites for hydroxylation is 1. The van der Waals surface area contributed by atoms with E-state index in [4.69, 9.17) is 4.52 Å². The smallest absolute Gasteiger partial charge is 0.263 e. The maximum atomic E-state index is 12.1. The topological polar surface area (TPSA) is 119 Å². The molecule has 9 nitrogen and oxygen atoms in total. The molecule has 122 valence electrons. The second-order valence-corrected chi connectivity index (χ2v) is 5.05. The number of hydrogen-bond donors (Lipinski definition) is 1. The number of hydrogen-bond acceptors (Lipinski definition) is 6. The quantitative estimate of drug-likeness (QED) is 0.840. The fourth-order valence-corrected chi connectivity index (χ4v) is 2.12. The third-order valence-electron chi connectivity index (χ3n) is 3.39. The molecule has 3 rings (SSSR count). The van der Waals surface area contributed by atoms with Crippen molar-refractivity contribution in [3.63, 3.8) is 0 Å². The average Bonchev–Trinajstić information content (AvgIpc) is 3.04. The maximum Gasteiger partial charge on any atom is 0.263 e. The molecular weight excluding hydrogens is 314 g/mol. The number of nitrogens with one attached hydrogen (secondary N) is 1. The summed E-state index contributed by atoms with van der Waals surface area (Å²) >= 11 is 0. The van der Waals surface area contributed by atoms with Gasteiger partial charge >= 0.3 is 0 Å². The number of allylic oxidation sites excluding steroid dienone is 1. The molecular formula is C15H13N5O4. The summed E-state index contributed by atoms with van der Waals surface area (Å²) in [7, 11) is 1.56. The number of aliphatic imine (C=N–C) groups is 1. The summed E-state index contributed by atoms with van der Waals surface area (Å²) < 4.78 is 6.32. The summed E-state index contributed by atoms with van der Waals surface area (Å²) in [6, 6.07) is 3.03. The second kappa shape index (κ2) is 6.41. The first-order valence-corrected chi connectivity index (χ1v) is 7.07. The van der Waals surface area contributed by atoms with E-state index in [1.54, 1.807) is 31.5 Å². The van der Waals surface area contributed by atoms with Crippen LogP contribution in [0.15, 0.2) is 44.8 Å². The van der Waals surface area contributed by atoms with Crippen LogP contribution in [0.2, 0.25) is 0 Å². The number of rotatable bonds is 4. The van der Waals surface area contributed by atoms with E-state index < -0.39 is 17.4 Å². The molecule has 3 heterocycles. The molecule has 0 aromatic carbocycles. The van der Waals surface area contributed by atoms with Gasteiger partial charge in [-0.2, -0.15) is 4.98 Å².